The minimum atomic E-state index is -0.0146. The van der Waals surface area contributed by atoms with Crippen LogP contribution in [0.1, 0.15) is 41.3 Å². The third-order valence-corrected chi connectivity index (χ3v) is 3.29. The van der Waals surface area contributed by atoms with E-state index in [1.807, 2.05) is 26.8 Å². The van der Waals surface area contributed by atoms with E-state index in [1.54, 1.807) is 0 Å². The number of aryl methyl sites for hydroxylation is 1. The number of halogens is 2. The molecule has 100 valence electrons. The summed E-state index contributed by atoms with van der Waals surface area (Å²) < 4.78 is 5.70. The van der Waals surface area contributed by atoms with Crippen molar-refractivity contribution in [3.05, 3.63) is 27.8 Å². The normalized spacial score (nSPS) is 10.5. The summed E-state index contributed by atoms with van der Waals surface area (Å²) in [5, 5.41) is 0.592. The van der Waals surface area contributed by atoms with Crippen LogP contribution in [0.25, 0.3) is 0 Å². The summed E-state index contributed by atoms with van der Waals surface area (Å²) in [6, 6.07) is 1.83. The van der Waals surface area contributed by atoms with E-state index in [0.29, 0.717) is 35.2 Å². The number of Topliss-reactive ketones (excluding diaryl/α,β-unsaturated/α-hetero) is 1. The molecule has 1 rings (SSSR count). The fourth-order valence-corrected chi connectivity index (χ4v) is 2.22. The Morgan fingerprint density at radius 3 is 2.61 bits per heavy atom. The largest absolute Gasteiger partial charge is 0.493 e. The van der Waals surface area contributed by atoms with E-state index in [0.717, 1.165) is 17.5 Å². The molecule has 1 aromatic carbocycles. The summed E-state index contributed by atoms with van der Waals surface area (Å²) in [4.78, 5) is 12.1. The van der Waals surface area contributed by atoms with Crippen molar-refractivity contribution in [2.24, 2.45) is 0 Å². The molecule has 2 nitrogen and oxygen atoms in total. The molecular formula is C14H18Cl2O2. The Labute approximate surface area is 118 Å². The van der Waals surface area contributed by atoms with Gasteiger partial charge >= 0.3 is 0 Å². The zero-order chi connectivity index (χ0) is 13.7. The van der Waals surface area contributed by atoms with Crippen molar-refractivity contribution < 1.29 is 9.53 Å². The maximum atomic E-state index is 12.1. The molecule has 4 heteroatoms. The molecule has 0 amide bonds. The Bertz CT molecular complexity index is 442. The summed E-state index contributed by atoms with van der Waals surface area (Å²) in [6.45, 7) is 6.34. The van der Waals surface area contributed by atoms with Gasteiger partial charge in [-0.2, -0.15) is 0 Å². The second-order valence-electron chi connectivity index (χ2n) is 4.22. The molecule has 0 fully saturated rings. The first kappa shape index (κ1) is 15.3. The second kappa shape index (κ2) is 7.01. The maximum absolute atomic E-state index is 12.1. The molecule has 0 aliphatic heterocycles. The third-order valence-electron chi connectivity index (χ3n) is 2.71. The molecule has 0 aromatic heterocycles. The van der Waals surface area contributed by atoms with Gasteiger partial charge in [0.15, 0.2) is 5.78 Å². The summed E-state index contributed by atoms with van der Waals surface area (Å²) in [7, 11) is 0. The van der Waals surface area contributed by atoms with Crippen LogP contribution in [0.15, 0.2) is 6.07 Å². The Morgan fingerprint density at radius 1 is 1.39 bits per heavy atom. The molecule has 0 aliphatic carbocycles. The monoisotopic (exact) mass is 288 g/mol. The number of alkyl halides is 1. The van der Waals surface area contributed by atoms with E-state index in [1.165, 1.54) is 0 Å². The standard InChI is InChI=1S/C14H18Cl2O2/c1-4-7-18-14-9(2)8-11(16)10(3)13(14)12(17)5-6-15/h8H,4-7H2,1-3H3. The fourth-order valence-electron chi connectivity index (χ4n) is 1.79. The highest BCUT2D eigenvalue weighted by atomic mass is 35.5. The smallest absolute Gasteiger partial charge is 0.168 e. The van der Waals surface area contributed by atoms with Crippen LogP contribution in [0.3, 0.4) is 0 Å². The van der Waals surface area contributed by atoms with Crippen molar-refractivity contribution in [2.75, 3.05) is 12.5 Å². The van der Waals surface area contributed by atoms with Crippen molar-refractivity contribution in [3.63, 3.8) is 0 Å². The van der Waals surface area contributed by atoms with E-state index in [9.17, 15) is 4.79 Å². The van der Waals surface area contributed by atoms with Crippen LogP contribution in [0.5, 0.6) is 5.75 Å². The van der Waals surface area contributed by atoms with Gasteiger partial charge < -0.3 is 4.74 Å². The molecule has 0 spiro atoms. The van der Waals surface area contributed by atoms with E-state index in [4.69, 9.17) is 27.9 Å². The fraction of sp³-hybridized carbons (Fsp3) is 0.500. The molecular weight excluding hydrogens is 271 g/mol. The molecule has 0 bridgehead atoms. The summed E-state index contributed by atoms with van der Waals surface area (Å²) in [5.74, 6) is 0.935. The lowest BCUT2D eigenvalue weighted by Gasteiger charge is -2.16. The van der Waals surface area contributed by atoms with Gasteiger partial charge in [-0.1, -0.05) is 18.5 Å². The van der Waals surface area contributed by atoms with Crippen LogP contribution in [0.2, 0.25) is 5.02 Å². The molecule has 0 aliphatic rings. The van der Waals surface area contributed by atoms with Crippen molar-refractivity contribution >= 4 is 29.0 Å². The highest BCUT2D eigenvalue weighted by molar-refractivity contribution is 6.32. The predicted octanol–water partition coefficient (Wildman–Crippen LogP) is 4.56. The van der Waals surface area contributed by atoms with Gasteiger partial charge in [0.05, 0.1) is 12.2 Å². The van der Waals surface area contributed by atoms with Crippen LogP contribution in [-0.4, -0.2) is 18.3 Å². The average Bonchev–Trinajstić information content (AvgIpc) is 2.32. The number of hydrogen-bond acceptors (Lipinski definition) is 2. The van der Waals surface area contributed by atoms with Gasteiger partial charge in [-0.3, -0.25) is 4.79 Å². The van der Waals surface area contributed by atoms with Crippen molar-refractivity contribution in [1.82, 2.24) is 0 Å². The SMILES string of the molecule is CCCOc1c(C)cc(Cl)c(C)c1C(=O)CCCl. The van der Waals surface area contributed by atoms with E-state index in [2.05, 4.69) is 0 Å². The Hall–Kier alpha value is -0.730. The molecule has 0 N–H and O–H groups in total. The zero-order valence-electron chi connectivity index (χ0n) is 11.0. The number of carbonyl (C=O) groups excluding carboxylic acids is 1. The van der Waals surface area contributed by atoms with E-state index in [-0.39, 0.29) is 5.78 Å². The number of ether oxygens (including phenoxy) is 1. The molecule has 0 saturated carbocycles. The third kappa shape index (κ3) is 3.39. The molecule has 18 heavy (non-hydrogen) atoms. The first-order valence-electron chi connectivity index (χ1n) is 6.04. The predicted molar refractivity (Wildman–Crippen MR) is 76.4 cm³/mol. The number of hydrogen-bond donors (Lipinski definition) is 0. The Morgan fingerprint density at radius 2 is 2.06 bits per heavy atom. The second-order valence-corrected chi connectivity index (χ2v) is 5.00. The lowest BCUT2D eigenvalue weighted by molar-refractivity contribution is 0.0984. The van der Waals surface area contributed by atoms with Crippen LogP contribution < -0.4 is 4.74 Å². The summed E-state index contributed by atoms with van der Waals surface area (Å²) in [5.41, 5.74) is 2.23. The Balaban J connectivity index is 3.28. The molecule has 0 atom stereocenters. The van der Waals surface area contributed by atoms with Gasteiger partial charge in [0, 0.05) is 17.3 Å². The van der Waals surface area contributed by atoms with Gasteiger partial charge in [-0.05, 0) is 37.5 Å². The first-order chi connectivity index (χ1) is 8.52. The summed E-state index contributed by atoms with van der Waals surface area (Å²) in [6.07, 6.45) is 1.19. The molecule has 0 heterocycles. The van der Waals surface area contributed by atoms with Crippen molar-refractivity contribution in [2.45, 2.75) is 33.6 Å². The van der Waals surface area contributed by atoms with Crippen molar-refractivity contribution in [3.8, 4) is 5.75 Å². The lowest BCUT2D eigenvalue weighted by atomic mass is 9.98. The number of carbonyl (C=O) groups is 1. The van der Waals surface area contributed by atoms with Gasteiger partial charge in [0.2, 0.25) is 0 Å². The van der Waals surface area contributed by atoms with Crippen LogP contribution in [0.4, 0.5) is 0 Å². The Kier molecular flexibility index (Phi) is 5.97. The zero-order valence-corrected chi connectivity index (χ0v) is 12.5. The minimum absolute atomic E-state index is 0.0146. The maximum Gasteiger partial charge on any atom is 0.168 e. The minimum Gasteiger partial charge on any atom is -0.493 e. The van der Waals surface area contributed by atoms with Crippen LogP contribution >= 0.6 is 23.2 Å². The van der Waals surface area contributed by atoms with Gasteiger partial charge in [0.1, 0.15) is 5.75 Å². The average molecular weight is 289 g/mol. The van der Waals surface area contributed by atoms with Gasteiger partial charge in [-0.15, -0.1) is 11.6 Å². The van der Waals surface area contributed by atoms with Crippen LogP contribution in [0, 0.1) is 13.8 Å². The first-order valence-corrected chi connectivity index (χ1v) is 6.95. The number of ketones is 1. The molecule has 0 radical (unpaired) electrons. The van der Waals surface area contributed by atoms with Crippen LogP contribution in [-0.2, 0) is 0 Å². The van der Waals surface area contributed by atoms with E-state index >= 15 is 0 Å². The number of benzene rings is 1. The molecule has 0 saturated heterocycles. The highest BCUT2D eigenvalue weighted by Gasteiger charge is 2.19. The number of rotatable bonds is 6. The lowest BCUT2D eigenvalue weighted by Crippen LogP contribution is -2.09. The van der Waals surface area contributed by atoms with Gasteiger partial charge in [-0.25, -0.2) is 0 Å². The van der Waals surface area contributed by atoms with Crippen molar-refractivity contribution in [1.29, 1.82) is 0 Å². The van der Waals surface area contributed by atoms with E-state index < -0.39 is 0 Å². The quantitative estimate of drug-likeness (QED) is 0.567. The molecule has 1 aromatic rings. The summed E-state index contributed by atoms with van der Waals surface area (Å²) >= 11 is 11.8. The highest BCUT2D eigenvalue weighted by Crippen LogP contribution is 2.33. The van der Waals surface area contributed by atoms with Gasteiger partial charge in [0.25, 0.3) is 0 Å². The topological polar surface area (TPSA) is 26.3 Å². The molecule has 0 unspecified atom stereocenters.